The van der Waals surface area contributed by atoms with E-state index in [2.05, 4.69) is 22.0 Å². The van der Waals surface area contributed by atoms with E-state index in [0.717, 1.165) is 23.0 Å². The number of carboxylic acids is 1. The van der Waals surface area contributed by atoms with Crippen molar-refractivity contribution in [2.45, 2.75) is 44.0 Å². The third kappa shape index (κ3) is 4.23. The van der Waals surface area contributed by atoms with E-state index in [-0.39, 0.29) is 11.3 Å². The molecular formula is C14H18BrNO3S2. The highest BCUT2D eigenvalue weighted by molar-refractivity contribution is 9.11. The molecule has 0 radical (unpaired) electrons. The van der Waals surface area contributed by atoms with E-state index in [1.54, 1.807) is 28.0 Å². The Kier molecular flexibility index (Phi) is 6.13. The standard InChI is InChI=1S/C14H18BrNO3S2/c1-2-13-16(10(8-20-13)14(18)19)12(17)5-3-4-9-6-7-11(15)21-9/h6-7,10,13H,2-5,8H2,1H3,(H,18,19). The number of amides is 1. The van der Waals surface area contributed by atoms with Gasteiger partial charge in [-0.3, -0.25) is 4.79 Å². The maximum atomic E-state index is 12.4. The quantitative estimate of drug-likeness (QED) is 0.804. The Morgan fingerprint density at radius 3 is 2.81 bits per heavy atom. The van der Waals surface area contributed by atoms with Crippen molar-refractivity contribution < 1.29 is 14.7 Å². The summed E-state index contributed by atoms with van der Waals surface area (Å²) in [6, 6.07) is 3.40. The normalized spacial score (nSPS) is 21.7. The second kappa shape index (κ2) is 7.65. The number of carbonyl (C=O) groups excluding carboxylic acids is 1. The van der Waals surface area contributed by atoms with Gasteiger partial charge in [0.25, 0.3) is 0 Å². The molecule has 2 heterocycles. The van der Waals surface area contributed by atoms with Crippen LogP contribution in [0.15, 0.2) is 15.9 Å². The molecule has 4 nitrogen and oxygen atoms in total. The van der Waals surface area contributed by atoms with E-state index >= 15 is 0 Å². The average molecular weight is 392 g/mol. The number of thiophene rings is 1. The first kappa shape index (κ1) is 16.8. The summed E-state index contributed by atoms with van der Waals surface area (Å²) in [5.41, 5.74) is 0. The molecule has 1 amide bonds. The van der Waals surface area contributed by atoms with Crippen molar-refractivity contribution >= 4 is 50.9 Å². The number of hydrogen-bond donors (Lipinski definition) is 1. The predicted octanol–water partition coefficient (Wildman–Crippen LogP) is 3.60. The molecule has 21 heavy (non-hydrogen) atoms. The lowest BCUT2D eigenvalue weighted by molar-refractivity contribution is -0.149. The van der Waals surface area contributed by atoms with Crippen LogP contribution in [0, 0.1) is 0 Å². The summed E-state index contributed by atoms with van der Waals surface area (Å²) < 4.78 is 1.09. The number of thioether (sulfide) groups is 1. The second-order valence-corrected chi connectivity index (χ2v) is 8.67. The smallest absolute Gasteiger partial charge is 0.327 e. The Hall–Kier alpha value is -0.530. The van der Waals surface area contributed by atoms with Crippen molar-refractivity contribution in [1.82, 2.24) is 4.90 Å². The van der Waals surface area contributed by atoms with Gasteiger partial charge in [-0.05, 0) is 47.3 Å². The summed E-state index contributed by atoms with van der Waals surface area (Å²) in [7, 11) is 0. The fraction of sp³-hybridized carbons (Fsp3) is 0.571. The number of hydrogen-bond acceptors (Lipinski definition) is 4. The Balaban J connectivity index is 1.89. The summed E-state index contributed by atoms with van der Waals surface area (Å²) in [4.78, 5) is 26.5. The van der Waals surface area contributed by atoms with Crippen molar-refractivity contribution in [3.8, 4) is 0 Å². The summed E-state index contributed by atoms with van der Waals surface area (Å²) in [5.74, 6) is -0.430. The molecule has 1 aromatic heterocycles. The number of carbonyl (C=O) groups is 2. The van der Waals surface area contributed by atoms with Crippen molar-refractivity contribution in [2.75, 3.05) is 5.75 Å². The zero-order valence-corrected chi connectivity index (χ0v) is 15.0. The molecule has 0 aliphatic carbocycles. The molecule has 1 fully saturated rings. The van der Waals surface area contributed by atoms with Crippen molar-refractivity contribution in [1.29, 1.82) is 0 Å². The number of halogens is 1. The van der Waals surface area contributed by atoms with Gasteiger partial charge in [0.05, 0.1) is 9.16 Å². The molecule has 0 bridgehead atoms. The molecule has 116 valence electrons. The van der Waals surface area contributed by atoms with Crippen LogP contribution in [-0.2, 0) is 16.0 Å². The summed E-state index contributed by atoms with van der Waals surface area (Å²) in [6.45, 7) is 1.99. The number of nitrogens with zero attached hydrogens (tertiary/aromatic N) is 1. The zero-order valence-electron chi connectivity index (χ0n) is 11.8. The Morgan fingerprint density at radius 1 is 1.48 bits per heavy atom. The number of aryl methyl sites for hydroxylation is 1. The lowest BCUT2D eigenvalue weighted by Gasteiger charge is -2.26. The van der Waals surface area contributed by atoms with Crippen LogP contribution in [0.3, 0.4) is 0 Å². The van der Waals surface area contributed by atoms with Gasteiger partial charge in [-0.2, -0.15) is 0 Å². The maximum Gasteiger partial charge on any atom is 0.327 e. The lowest BCUT2D eigenvalue weighted by Crippen LogP contribution is -2.45. The first-order chi connectivity index (χ1) is 10.0. The first-order valence-electron chi connectivity index (χ1n) is 6.92. The molecule has 0 spiro atoms. The monoisotopic (exact) mass is 391 g/mol. The third-order valence-electron chi connectivity index (χ3n) is 3.46. The lowest BCUT2D eigenvalue weighted by atomic mass is 10.1. The van der Waals surface area contributed by atoms with Gasteiger partial charge in [-0.15, -0.1) is 23.1 Å². The van der Waals surface area contributed by atoms with Crippen LogP contribution in [-0.4, -0.2) is 39.1 Å². The SMILES string of the molecule is CCC1SCC(C(=O)O)N1C(=O)CCCc1ccc(Br)s1. The van der Waals surface area contributed by atoms with Gasteiger partial charge in [-0.1, -0.05) is 6.92 Å². The highest BCUT2D eigenvalue weighted by Crippen LogP contribution is 2.32. The third-order valence-corrected chi connectivity index (χ3v) is 6.59. The molecule has 1 aromatic rings. The van der Waals surface area contributed by atoms with E-state index in [9.17, 15) is 14.7 Å². The number of rotatable bonds is 6. The summed E-state index contributed by atoms with van der Waals surface area (Å²) >= 11 is 6.67. The Morgan fingerprint density at radius 2 is 2.24 bits per heavy atom. The van der Waals surface area contributed by atoms with Gasteiger partial charge in [0.15, 0.2) is 0 Å². The number of carboxylic acid groups (broad SMARTS) is 1. The molecule has 1 aliphatic heterocycles. The molecule has 7 heteroatoms. The summed E-state index contributed by atoms with van der Waals surface area (Å²) in [6.07, 6.45) is 2.82. The minimum absolute atomic E-state index is 0.00878. The van der Waals surface area contributed by atoms with Crippen LogP contribution in [0.5, 0.6) is 0 Å². The van der Waals surface area contributed by atoms with Crippen molar-refractivity contribution in [3.63, 3.8) is 0 Å². The maximum absolute atomic E-state index is 12.4. The van der Waals surface area contributed by atoms with Gasteiger partial charge in [0.2, 0.25) is 5.91 Å². The minimum atomic E-state index is -0.894. The second-order valence-electron chi connectivity index (χ2n) is 4.91. The van der Waals surface area contributed by atoms with Crippen LogP contribution in [0.25, 0.3) is 0 Å². The fourth-order valence-corrected chi connectivity index (χ4v) is 5.33. The topological polar surface area (TPSA) is 57.6 Å². The van der Waals surface area contributed by atoms with Crippen LogP contribution < -0.4 is 0 Å². The van der Waals surface area contributed by atoms with Crippen LogP contribution >= 0.6 is 39.0 Å². The molecule has 2 atom stereocenters. The van der Waals surface area contributed by atoms with E-state index in [1.165, 1.54) is 4.88 Å². The molecule has 0 aromatic carbocycles. The van der Waals surface area contributed by atoms with Gasteiger partial charge < -0.3 is 10.0 Å². The highest BCUT2D eigenvalue weighted by Gasteiger charge is 2.40. The molecule has 2 rings (SSSR count). The zero-order chi connectivity index (χ0) is 15.4. The largest absolute Gasteiger partial charge is 0.480 e. The predicted molar refractivity (Wildman–Crippen MR) is 89.8 cm³/mol. The Labute approximate surface area is 141 Å². The van der Waals surface area contributed by atoms with Crippen molar-refractivity contribution in [2.24, 2.45) is 0 Å². The highest BCUT2D eigenvalue weighted by atomic mass is 79.9. The minimum Gasteiger partial charge on any atom is -0.480 e. The molecule has 1 aliphatic rings. The average Bonchev–Trinajstić information content (AvgIpc) is 3.04. The summed E-state index contributed by atoms with van der Waals surface area (Å²) in [5, 5.41) is 9.25. The molecule has 1 N–H and O–H groups in total. The molecule has 0 saturated carbocycles. The van der Waals surface area contributed by atoms with E-state index in [4.69, 9.17) is 0 Å². The van der Waals surface area contributed by atoms with Crippen LogP contribution in [0.4, 0.5) is 0 Å². The molecular weight excluding hydrogens is 374 g/mol. The van der Waals surface area contributed by atoms with Crippen LogP contribution in [0.2, 0.25) is 0 Å². The molecule has 1 saturated heterocycles. The first-order valence-corrected chi connectivity index (χ1v) is 9.58. The van der Waals surface area contributed by atoms with Gasteiger partial charge in [-0.25, -0.2) is 4.79 Å². The van der Waals surface area contributed by atoms with Gasteiger partial charge in [0.1, 0.15) is 6.04 Å². The van der Waals surface area contributed by atoms with Gasteiger partial charge in [0, 0.05) is 17.1 Å². The van der Waals surface area contributed by atoms with Gasteiger partial charge >= 0.3 is 5.97 Å². The van der Waals surface area contributed by atoms with E-state index < -0.39 is 12.0 Å². The molecule has 2 unspecified atom stereocenters. The fourth-order valence-electron chi connectivity index (χ4n) is 2.43. The van der Waals surface area contributed by atoms with Crippen molar-refractivity contribution in [3.05, 3.63) is 20.8 Å². The van der Waals surface area contributed by atoms with E-state index in [0.29, 0.717) is 12.2 Å². The van der Waals surface area contributed by atoms with E-state index in [1.807, 2.05) is 13.0 Å². The number of aliphatic carboxylic acids is 1. The Bertz CT molecular complexity index is 520. The van der Waals surface area contributed by atoms with Crippen LogP contribution in [0.1, 0.15) is 31.1 Å².